The molecule has 0 saturated heterocycles. The number of hydrogen-bond donors (Lipinski definition) is 0. The first-order valence-corrected chi connectivity index (χ1v) is 9.34. The van der Waals surface area contributed by atoms with E-state index in [-0.39, 0.29) is 0 Å². The Kier molecular flexibility index (Phi) is 5.82. The Morgan fingerprint density at radius 3 is 2.42 bits per heavy atom. The van der Waals surface area contributed by atoms with Crippen LogP contribution >= 0.6 is 0 Å². The summed E-state index contributed by atoms with van der Waals surface area (Å²) in [6.45, 7) is 5.31. The van der Waals surface area contributed by atoms with E-state index >= 15 is 0 Å². The van der Waals surface area contributed by atoms with Gasteiger partial charge in [-0.1, -0.05) is 61.0 Å². The van der Waals surface area contributed by atoms with E-state index in [1.54, 1.807) is 7.11 Å². The number of ether oxygens (including phenoxy) is 1. The summed E-state index contributed by atoms with van der Waals surface area (Å²) in [5, 5.41) is 4.47. The highest BCUT2D eigenvalue weighted by Gasteiger charge is 2.41. The van der Waals surface area contributed by atoms with Gasteiger partial charge in [-0.15, -0.1) is 0 Å². The lowest BCUT2D eigenvalue weighted by molar-refractivity contribution is -0.0835. The van der Waals surface area contributed by atoms with E-state index in [0.29, 0.717) is 0 Å². The topological polar surface area (TPSA) is 34.1 Å². The quantitative estimate of drug-likeness (QED) is 0.694. The third-order valence-corrected chi connectivity index (χ3v) is 4.86. The van der Waals surface area contributed by atoms with E-state index in [9.17, 15) is 0 Å². The summed E-state index contributed by atoms with van der Waals surface area (Å²) in [6, 6.07) is 18.6. The maximum atomic E-state index is 5.97. The van der Waals surface area contributed by atoms with Crippen molar-refractivity contribution in [1.82, 2.24) is 4.90 Å². The second kappa shape index (κ2) is 8.26. The fourth-order valence-corrected chi connectivity index (χ4v) is 3.36. The van der Waals surface area contributed by atoms with Crippen LogP contribution in [0, 0.1) is 0 Å². The number of benzene rings is 2. The van der Waals surface area contributed by atoms with Crippen molar-refractivity contribution >= 4 is 5.84 Å². The molecule has 1 unspecified atom stereocenters. The van der Waals surface area contributed by atoms with E-state index in [4.69, 9.17) is 9.57 Å². The minimum atomic E-state index is -0.432. The fraction of sp³-hybridized carbons (Fsp3) is 0.409. The first-order valence-electron chi connectivity index (χ1n) is 9.34. The standard InChI is InChI=1S/C22H28N2O2/c1-4-5-15-24-21(16-18-11-13-20(25-3)14-12-18)23-26-22(24,2)17-19-9-7-6-8-10-19/h6-14H,4-5,15-17H2,1-3H3. The molecule has 4 heteroatoms. The van der Waals surface area contributed by atoms with Crippen LogP contribution in [0.4, 0.5) is 0 Å². The van der Waals surface area contributed by atoms with Gasteiger partial charge in [-0.25, -0.2) is 0 Å². The third kappa shape index (κ3) is 4.18. The Morgan fingerprint density at radius 1 is 1.04 bits per heavy atom. The fourth-order valence-electron chi connectivity index (χ4n) is 3.36. The van der Waals surface area contributed by atoms with Crippen molar-refractivity contribution in [3.8, 4) is 5.75 Å². The van der Waals surface area contributed by atoms with Crippen molar-refractivity contribution in [1.29, 1.82) is 0 Å². The number of hydrogen-bond acceptors (Lipinski definition) is 4. The van der Waals surface area contributed by atoms with Gasteiger partial charge in [-0.05, 0) is 36.6 Å². The van der Waals surface area contributed by atoms with Crippen molar-refractivity contribution in [2.24, 2.45) is 5.16 Å². The van der Waals surface area contributed by atoms with E-state index in [2.05, 4.69) is 60.3 Å². The lowest BCUT2D eigenvalue weighted by Gasteiger charge is -2.34. The third-order valence-electron chi connectivity index (χ3n) is 4.86. The van der Waals surface area contributed by atoms with Crippen molar-refractivity contribution < 1.29 is 9.57 Å². The van der Waals surface area contributed by atoms with Crippen molar-refractivity contribution in [2.45, 2.75) is 45.3 Å². The highest BCUT2D eigenvalue weighted by atomic mass is 16.7. The molecule has 0 spiro atoms. The van der Waals surface area contributed by atoms with Crippen LogP contribution in [0.2, 0.25) is 0 Å². The normalized spacial score (nSPS) is 19.2. The number of oxime groups is 1. The molecule has 1 aliphatic rings. The lowest BCUT2D eigenvalue weighted by Crippen LogP contribution is -2.48. The van der Waals surface area contributed by atoms with Gasteiger partial charge in [0.2, 0.25) is 5.72 Å². The summed E-state index contributed by atoms with van der Waals surface area (Å²) in [5.74, 6) is 1.87. The molecule has 138 valence electrons. The van der Waals surface area contributed by atoms with E-state index in [1.165, 1.54) is 11.1 Å². The zero-order chi connectivity index (χ0) is 18.4. The van der Waals surface area contributed by atoms with Gasteiger partial charge in [0.25, 0.3) is 0 Å². The Bertz CT molecular complexity index is 728. The Balaban J connectivity index is 1.76. The predicted molar refractivity (Wildman–Crippen MR) is 105 cm³/mol. The molecule has 0 bridgehead atoms. The first kappa shape index (κ1) is 18.3. The molecule has 0 fully saturated rings. The van der Waals surface area contributed by atoms with Gasteiger partial charge < -0.3 is 14.5 Å². The highest BCUT2D eigenvalue weighted by Crippen LogP contribution is 2.30. The van der Waals surface area contributed by atoms with Crippen LogP contribution in [-0.2, 0) is 17.7 Å². The molecule has 0 radical (unpaired) electrons. The Morgan fingerprint density at radius 2 is 1.77 bits per heavy atom. The van der Waals surface area contributed by atoms with Gasteiger partial charge in [0.1, 0.15) is 5.75 Å². The van der Waals surface area contributed by atoms with Gasteiger partial charge in [0, 0.05) is 19.4 Å². The maximum Gasteiger partial charge on any atom is 0.212 e. The largest absolute Gasteiger partial charge is 0.497 e. The second-order valence-corrected chi connectivity index (χ2v) is 6.97. The van der Waals surface area contributed by atoms with Crippen LogP contribution in [0.3, 0.4) is 0 Å². The Hall–Kier alpha value is -2.49. The van der Waals surface area contributed by atoms with Crippen LogP contribution in [0.15, 0.2) is 59.8 Å². The van der Waals surface area contributed by atoms with Crippen molar-refractivity contribution in [3.63, 3.8) is 0 Å². The molecule has 0 aromatic heterocycles. The van der Waals surface area contributed by atoms with Crippen LogP contribution in [0.5, 0.6) is 5.75 Å². The molecule has 0 amide bonds. The number of amidine groups is 1. The Labute approximate surface area is 156 Å². The average Bonchev–Trinajstić information content (AvgIpc) is 2.96. The van der Waals surface area contributed by atoms with E-state index in [0.717, 1.165) is 43.8 Å². The summed E-state index contributed by atoms with van der Waals surface area (Å²) < 4.78 is 5.25. The predicted octanol–water partition coefficient (Wildman–Crippen LogP) is 4.64. The van der Waals surface area contributed by atoms with Crippen LogP contribution in [0.1, 0.15) is 37.8 Å². The van der Waals surface area contributed by atoms with Crippen LogP contribution < -0.4 is 4.74 Å². The molecule has 2 aromatic rings. The molecule has 1 heterocycles. The SMILES string of the molecule is CCCCN1C(Cc2ccc(OC)cc2)=NOC1(C)Cc1ccccc1. The monoisotopic (exact) mass is 352 g/mol. The maximum absolute atomic E-state index is 5.97. The van der Waals surface area contributed by atoms with E-state index in [1.807, 2.05) is 18.2 Å². The van der Waals surface area contributed by atoms with Crippen LogP contribution in [-0.4, -0.2) is 30.1 Å². The van der Waals surface area contributed by atoms with Crippen LogP contribution in [0.25, 0.3) is 0 Å². The van der Waals surface area contributed by atoms with Gasteiger partial charge >= 0.3 is 0 Å². The number of rotatable bonds is 8. The number of nitrogens with zero attached hydrogens (tertiary/aromatic N) is 2. The average molecular weight is 352 g/mol. The van der Waals surface area contributed by atoms with Gasteiger partial charge in [-0.3, -0.25) is 0 Å². The number of methoxy groups -OCH3 is 1. The smallest absolute Gasteiger partial charge is 0.212 e. The summed E-state index contributed by atoms with van der Waals surface area (Å²) >= 11 is 0. The van der Waals surface area contributed by atoms with Gasteiger partial charge in [0.05, 0.1) is 7.11 Å². The molecular weight excluding hydrogens is 324 g/mol. The molecule has 1 aliphatic heterocycles. The zero-order valence-corrected chi connectivity index (χ0v) is 15.9. The van der Waals surface area contributed by atoms with Crippen molar-refractivity contribution in [3.05, 3.63) is 65.7 Å². The molecule has 0 aliphatic carbocycles. The number of unbranched alkanes of at least 4 members (excludes halogenated alkanes) is 1. The first-order chi connectivity index (χ1) is 12.6. The van der Waals surface area contributed by atoms with Crippen molar-refractivity contribution in [2.75, 3.05) is 13.7 Å². The molecular formula is C22H28N2O2. The minimum Gasteiger partial charge on any atom is -0.497 e. The molecule has 4 nitrogen and oxygen atoms in total. The zero-order valence-electron chi connectivity index (χ0n) is 15.9. The highest BCUT2D eigenvalue weighted by molar-refractivity contribution is 5.85. The van der Waals surface area contributed by atoms with Gasteiger partial charge in [0.15, 0.2) is 5.84 Å². The molecule has 0 N–H and O–H groups in total. The van der Waals surface area contributed by atoms with E-state index < -0.39 is 5.72 Å². The molecule has 2 aromatic carbocycles. The summed E-state index contributed by atoms with van der Waals surface area (Å²) in [7, 11) is 1.69. The second-order valence-electron chi connectivity index (χ2n) is 6.97. The molecule has 26 heavy (non-hydrogen) atoms. The lowest BCUT2D eigenvalue weighted by atomic mass is 10.0. The molecule has 3 rings (SSSR count). The minimum absolute atomic E-state index is 0.432. The summed E-state index contributed by atoms with van der Waals surface area (Å²) in [6.07, 6.45) is 3.84. The summed E-state index contributed by atoms with van der Waals surface area (Å²) in [4.78, 5) is 8.31. The summed E-state index contributed by atoms with van der Waals surface area (Å²) in [5.41, 5.74) is 2.04. The van der Waals surface area contributed by atoms with Gasteiger partial charge in [-0.2, -0.15) is 0 Å². The molecule has 0 saturated carbocycles. The molecule has 1 atom stereocenters.